The van der Waals surface area contributed by atoms with Crippen LogP contribution in [0.25, 0.3) is 0 Å². The van der Waals surface area contributed by atoms with Gasteiger partial charge in [0.15, 0.2) is 0 Å². The van der Waals surface area contributed by atoms with E-state index >= 15 is 0 Å². The minimum absolute atomic E-state index is 0.574. The summed E-state index contributed by atoms with van der Waals surface area (Å²) in [5, 5.41) is 0. The van der Waals surface area contributed by atoms with Crippen molar-refractivity contribution in [1.29, 1.82) is 0 Å². The SMILES string of the molecule is CCCc1nc(Br)cc(N2CCC(C)CC2C)n1. The van der Waals surface area contributed by atoms with E-state index < -0.39 is 0 Å². The Balaban J connectivity index is 2.21. The van der Waals surface area contributed by atoms with Crippen LogP contribution in [0, 0.1) is 5.92 Å². The summed E-state index contributed by atoms with van der Waals surface area (Å²) in [5.41, 5.74) is 0. The number of nitrogens with zero attached hydrogens (tertiary/aromatic N) is 3. The van der Waals surface area contributed by atoms with E-state index in [1.807, 2.05) is 6.07 Å². The lowest BCUT2D eigenvalue weighted by molar-refractivity contribution is 0.375. The molecular weight excluding hydrogens is 290 g/mol. The largest absolute Gasteiger partial charge is 0.354 e. The molecular formula is C14H22BrN3. The Morgan fingerprint density at radius 3 is 2.83 bits per heavy atom. The lowest BCUT2D eigenvalue weighted by Gasteiger charge is -2.37. The van der Waals surface area contributed by atoms with E-state index in [2.05, 4.69) is 46.6 Å². The fourth-order valence-electron chi connectivity index (χ4n) is 2.68. The molecule has 2 unspecified atom stereocenters. The standard InChI is InChI=1S/C14H22BrN3/c1-4-5-13-16-12(15)9-14(17-13)18-7-6-10(2)8-11(18)3/h9-11H,4-8H2,1-3H3. The van der Waals surface area contributed by atoms with Crippen molar-refractivity contribution in [1.82, 2.24) is 9.97 Å². The molecule has 0 radical (unpaired) electrons. The Morgan fingerprint density at radius 2 is 2.17 bits per heavy atom. The quantitative estimate of drug-likeness (QED) is 0.795. The lowest BCUT2D eigenvalue weighted by Crippen LogP contribution is -2.40. The van der Waals surface area contributed by atoms with Crippen molar-refractivity contribution in [2.45, 2.75) is 52.5 Å². The first-order valence-corrected chi connectivity index (χ1v) is 7.69. The van der Waals surface area contributed by atoms with Gasteiger partial charge >= 0.3 is 0 Å². The van der Waals surface area contributed by atoms with E-state index in [0.717, 1.165) is 41.5 Å². The molecule has 0 aromatic carbocycles. The van der Waals surface area contributed by atoms with Gasteiger partial charge in [-0.25, -0.2) is 9.97 Å². The Kier molecular flexibility index (Phi) is 4.60. The van der Waals surface area contributed by atoms with E-state index in [0.29, 0.717) is 6.04 Å². The van der Waals surface area contributed by atoms with Crippen molar-refractivity contribution < 1.29 is 0 Å². The number of rotatable bonds is 3. The van der Waals surface area contributed by atoms with Crippen LogP contribution >= 0.6 is 15.9 Å². The molecule has 0 saturated carbocycles. The van der Waals surface area contributed by atoms with Crippen LogP contribution in [0.3, 0.4) is 0 Å². The van der Waals surface area contributed by atoms with Gasteiger partial charge in [-0.05, 0) is 48.0 Å². The van der Waals surface area contributed by atoms with Gasteiger partial charge in [0, 0.05) is 25.1 Å². The van der Waals surface area contributed by atoms with Crippen LogP contribution in [0.4, 0.5) is 5.82 Å². The molecule has 0 spiro atoms. The van der Waals surface area contributed by atoms with Crippen LogP contribution in [-0.2, 0) is 6.42 Å². The molecule has 1 aliphatic heterocycles. The molecule has 18 heavy (non-hydrogen) atoms. The number of aromatic nitrogens is 2. The molecule has 2 rings (SSSR count). The molecule has 0 amide bonds. The molecule has 3 nitrogen and oxygen atoms in total. The summed E-state index contributed by atoms with van der Waals surface area (Å²) in [6.45, 7) is 7.91. The summed E-state index contributed by atoms with van der Waals surface area (Å²) in [6, 6.07) is 2.62. The second kappa shape index (κ2) is 6.00. The van der Waals surface area contributed by atoms with Gasteiger partial charge in [0.2, 0.25) is 0 Å². The van der Waals surface area contributed by atoms with E-state index in [4.69, 9.17) is 4.98 Å². The van der Waals surface area contributed by atoms with Crippen LogP contribution in [-0.4, -0.2) is 22.6 Å². The van der Waals surface area contributed by atoms with Crippen molar-refractivity contribution in [3.63, 3.8) is 0 Å². The van der Waals surface area contributed by atoms with Gasteiger partial charge in [-0.15, -0.1) is 0 Å². The molecule has 1 aliphatic rings. The summed E-state index contributed by atoms with van der Waals surface area (Å²) in [5.74, 6) is 2.86. The highest BCUT2D eigenvalue weighted by atomic mass is 79.9. The molecule has 0 N–H and O–H groups in total. The van der Waals surface area contributed by atoms with Crippen LogP contribution in [0.1, 0.15) is 45.9 Å². The number of halogens is 1. The predicted molar refractivity (Wildman–Crippen MR) is 78.9 cm³/mol. The summed E-state index contributed by atoms with van der Waals surface area (Å²) in [6.07, 6.45) is 4.55. The van der Waals surface area contributed by atoms with Gasteiger partial charge in [0.1, 0.15) is 16.2 Å². The average molecular weight is 312 g/mol. The summed E-state index contributed by atoms with van der Waals surface area (Å²) in [7, 11) is 0. The Morgan fingerprint density at radius 1 is 1.39 bits per heavy atom. The first kappa shape index (κ1) is 13.8. The zero-order valence-corrected chi connectivity index (χ0v) is 13.1. The van der Waals surface area contributed by atoms with E-state index in [9.17, 15) is 0 Å². The highest BCUT2D eigenvalue weighted by Crippen LogP contribution is 2.27. The topological polar surface area (TPSA) is 29.0 Å². The normalized spacial score (nSPS) is 24.3. The zero-order chi connectivity index (χ0) is 13.1. The van der Waals surface area contributed by atoms with Gasteiger partial charge in [-0.2, -0.15) is 0 Å². The predicted octanol–water partition coefficient (Wildman–Crippen LogP) is 3.82. The fourth-order valence-corrected chi connectivity index (χ4v) is 3.09. The van der Waals surface area contributed by atoms with Gasteiger partial charge < -0.3 is 4.90 Å². The lowest BCUT2D eigenvalue weighted by atomic mass is 9.93. The molecule has 0 bridgehead atoms. The molecule has 2 atom stereocenters. The van der Waals surface area contributed by atoms with Crippen molar-refractivity contribution >= 4 is 21.7 Å². The van der Waals surface area contributed by atoms with E-state index in [1.165, 1.54) is 12.8 Å². The fraction of sp³-hybridized carbons (Fsp3) is 0.714. The second-order valence-electron chi connectivity index (χ2n) is 5.39. The Hall–Kier alpha value is -0.640. The first-order chi connectivity index (χ1) is 8.60. The summed E-state index contributed by atoms with van der Waals surface area (Å²) >= 11 is 3.50. The smallest absolute Gasteiger partial charge is 0.133 e. The van der Waals surface area contributed by atoms with Gasteiger partial charge in [0.25, 0.3) is 0 Å². The number of anilines is 1. The zero-order valence-electron chi connectivity index (χ0n) is 11.5. The third kappa shape index (κ3) is 3.22. The van der Waals surface area contributed by atoms with Crippen LogP contribution in [0.15, 0.2) is 10.7 Å². The number of aryl methyl sites for hydroxylation is 1. The summed E-state index contributed by atoms with van der Waals surface area (Å²) in [4.78, 5) is 11.6. The van der Waals surface area contributed by atoms with Crippen LogP contribution in [0.5, 0.6) is 0 Å². The van der Waals surface area contributed by atoms with Gasteiger partial charge in [0.05, 0.1) is 0 Å². The number of hydrogen-bond donors (Lipinski definition) is 0. The minimum Gasteiger partial charge on any atom is -0.354 e. The van der Waals surface area contributed by atoms with Crippen LogP contribution in [0.2, 0.25) is 0 Å². The Labute approximate surface area is 118 Å². The second-order valence-corrected chi connectivity index (χ2v) is 6.20. The molecule has 0 aliphatic carbocycles. The molecule has 1 fully saturated rings. The molecule has 1 saturated heterocycles. The Bertz CT molecular complexity index is 408. The number of hydrogen-bond acceptors (Lipinski definition) is 3. The highest BCUT2D eigenvalue weighted by molar-refractivity contribution is 9.10. The monoisotopic (exact) mass is 311 g/mol. The molecule has 1 aromatic heterocycles. The third-order valence-electron chi connectivity index (χ3n) is 3.63. The van der Waals surface area contributed by atoms with Crippen molar-refractivity contribution in [2.24, 2.45) is 5.92 Å². The maximum atomic E-state index is 4.71. The highest BCUT2D eigenvalue weighted by Gasteiger charge is 2.24. The van der Waals surface area contributed by atoms with E-state index in [1.54, 1.807) is 0 Å². The number of piperidine rings is 1. The molecule has 2 heterocycles. The molecule has 100 valence electrons. The van der Waals surface area contributed by atoms with Crippen molar-refractivity contribution in [3.05, 3.63) is 16.5 Å². The van der Waals surface area contributed by atoms with Crippen molar-refractivity contribution in [2.75, 3.05) is 11.4 Å². The first-order valence-electron chi connectivity index (χ1n) is 6.90. The molecule has 1 aromatic rings. The van der Waals surface area contributed by atoms with Crippen molar-refractivity contribution in [3.8, 4) is 0 Å². The maximum Gasteiger partial charge on any atom is 0.133 e. The minimum atomic E-state index is 0.574. The van der Waals surface area contributed by atoms with E-state index in [-0.39, 0.29) is 0 Å². The van der Waals surface area contributed by atoms with Crippen LogP contribution < -0.4 is 4.90 Å². The maximum absolute atomic E-state index is 4.71. The third-order valence-corrected chi connectivity index (χ3v) is 4.04. The molecule has 4 heteroatoms. The summed E-state index contributed by atoms with van der Waals surface area (Å²) < 4.78 is 0.904. The van der Waals surface area contributed by atoms with Gasteiger partial charge in [-0.1, -0.05) is 13.8 Å². The average Bonchev–Trinajstić information content (AvgIpc) is 2.28. The van der Waals surface area contributed by atoms with Gasteiger partial charge in [-0.3, -0.25) is 0 Å².